The normalized spacial score (nSPS) is 11.0. The number of rotatable bonds is 10. The van der Waals surface area contributed by atoms with E-state index < -0.39 is 0 Å². The SMILES string of the molecule is CCCCCNC(=NCC(=O)N(C)C)NCCn1cnnc1CC.I. The van der Waals surface area contributed by atoms with Gasteiger partial charge in [-0.2, -0.15) is 0 Å². The fourth-order valence-electron chi connectivity index (χ4n) is 2.08. The highest BCUT2D eigenvalue weighted by Crippen LogP contribution is 1.95. The number of nitrogens with one attached hydrogen (secondary N) is 2. The lowest BCUT2D eigenvalue weighted by Crippen LogP contribution is -2.40. The van der Waals surface area contributed by atoms with Crippen LogP contribution in [0.2, 0.25) is 0 Å². The lowest BCUT2D eigenvalue weighted by atomic mass is 10.2. The summed E-state index contributed by atoms with van der Waals surface area (Å²) in [6.45, 7) is 6.68. The van der Waals surface area contributed by atoms with Gasteiger partial charge in [0.2, 0.25) is 5.91 Å². The molecular weight excluding hydrogens is 433 g/mol. The third-order valence-corrected chi connectivity index (χ3v) is 3.60. The number of hydrogen-bond acceptors (Lipinski definition) is 4. The average Bonchev–Trinajstić information content (AvgIpc) is 3.02. The van der Waals surface area contributed by atoms with Crippen LogP contribution in [0.3, 0.4) is 0 Å². The maximum atomic E-state index is 11.7. The monoisotopic (exact) mass is 465 g/mol. The predicted molar refractivity (Wildman–Crippen MR) is 111 cm³/mol. The van der Waals surface area contributed by atoms with Crippen molar-refractivity contribution in [1.82, 2.24) is 30.3 Å². The Morgan fingerprint density at radius 2 is 1.96 bits per heavy atom. The first-order chi connectivity index (χ1) is 11.6. The van der Waals surface area contributed by atoms with Crippen LogP contribution in [0, 0.1) is 0 Å². The summed E-state index contributed by atoms with van der Waals surface area (Å²) < 4.78 is 2.02. The first kappa shape index (κ1) is 23.6. The lowest BCUT2D eigenvalue weighted by molar-refractivity contribution is -0.127. The highest BCUT2D eigenvalue weighted by Gasteiger charge is 2.05. The molecule has 0 radical (unpaired) electrons. The van der Waals surface area contributed by atoms with Crippen LogP contribution in [-0.4, -0.2) is 65.3 Å². The minimum absolute atomic E-state index is 0. The molecule has 1 heterocycles. The Bertz CT molecular complexity index is 516. The molecule has 0 saturated carbocycles. The van der Waals surface area contributed by atoms with E-state index in [1.165, 1.54) is 12.8 Å². The molecule has 0 aliphatic rings. The smallest absolute Gasteiger partial charge is 0.243 e. The van der Waals surface area contributed by atoms with E-state index in [0.29, 0.717) is 12.5 Å². The zero-order valence-corrected chi connectivity index (χ0v) is 18.1. The number of aryl methyl sites for hydroxylation is 1. The molecule has 25 heavy (non-hydrogen) atoms. The Morgan fingerprint density at radius 1 is 1.24 bits per heavy atom. The summed E-state index contributed by atoms with van der Waals surface area (Å²) in [5.74, 6) is 1.62. The van der Waals surface area contributed by atoms with Gasteiger partial charge in [0.1, 0.15) is 18.7 Å². The Hall–Kier alpha value is -1.39. The van der Waals surface area contributed by atoms with Crippen molar-refractivity contribution in [2.75, 3.05) is 33.7 Å². The second-order valence-corrected chi connectivity index (χ2v) is 5.81. The summed E-state index contributed by atoms with van der Waals surface area (Å²) in [6.07, 6.45) is 6.03. The second-order valence-electron chi connectivity index (χ2n) is 5.81. The maximum Gasteiger partial charge on any atom is 0.243 e. The van der Waals surface area contributed by atoms with Crippen LogP contribution in [0.4, 0.5) is 0 Å². The van der Waals surface area contributed by atoms with Crippen molar-refractivity contribution in [2.45, 2.75) is 46.1 Å². The molecule has 0 aliphatic heterocycles. The number of unbranched alkanes of at least 4 members (excludes halogenated alkanes) is 2. The van der Waals surface area contributed by atoms with Gasteiger partial charge in [-0.15, -0.1) is 34.2 Å². The maximum absolute atomic E-state index is 11.7. The Morgan fingerprint density at radius 3 is 2.60 bits per heavy atom. The van der Waals surface area contributed by atoms with Gasteiger partial charge in [0, 0.05) is 40.2 Å². The molecule has 0 unspecified atom stereocenters. The number of likely N-dealkylation sites (N-methyl/N-ethyl adjacent to an activating group) is 1. The van der Waals surface area contributed by atoms with Crippen LogP contribution < -0.4 is 10.6 Å². The van der Waals surface area contributed by atoms with Gasteiger partial charge >= 0.3 is 0 Å². The molecule has 1 rings (SSSR count). The molecule has 0 fully saturated rings. The van der Waals surface area contributed by atoms with Crippen molar-refractivity contribution in [3.8, 4) is 0 Å². The fraction of sp³-hybridized carbons (Fsp3) is 0.750. The van der Waals surface area contributed by atoms with E-state index in [-0.39, 0.29) is 36.4 Å². The molecule has 2 N–H and O–H groups in total. The molecular formula is C16H32IN7O. The zero-order chi connectivity index (χ0) is 17.8. The molecule has 9 heteroatoms. The lowest BCUT2D eigenvalue weighted by Gasteiger charge is -2.14. The number of guanidine groups is 1. The molecule has 1 amide bonds. The number of aromatic nitrogens is 3. The van der Waals surface area contributed by atoms with Crippen LogP contribution in [-0.2, 0) is 17.8 Å². The van der Waals surface area contributed by atoms with Gasteiger partial charge in [0.25, 0.3) is 0 Å². The highest BCUT2D eigenvalue weighted by atomic mass is 127. The summed E-state index contributed by atoms with van der Waals surface area (Å²) in [5, 5.41) is 14.6. The molecule has 1 aromatic rings. The largest absolute Gasteiger partial charge is 0.356 e. The second kappa shape index (κ2) is 13.9. The quantitative estimate of drug-likeness (QED) is 0.235. The predicted octanol–water partition coefficient (Wildman–Crippen LogP) is 1.27. The minimum Gasteiger partial charge on any atom is -0.356 e. The zero-order valence-electron chi connectivity index (χ0n) is 15.8. The molecule has 0 saturated heterocycles. The van der Waals surface area contributed by atoms with E-state index in [9.17, 15) is 4.79 Å². The van der Waals surface area contributed by atoms with Crippen molar-refractivity contribution in [3.05, 3.63) is 12.2 Å². The van der Waals surface area contributed by atoms with Gasteiger partial charge in [-0.1, -0.05) is 26.7 Å². The van der Waals surface area contributed by atoms with Crippen LogP contribution in [0.15, 0.2) is 11.3 Å². The Kier molecular flexibility index (Phi) is 13.1. The van der Waals surface area contributed by atoms with Crippen LogP contribution >= 0.6 is 24.0 Å². The highest BCUT2D eigenvalue weighted by molar-refractivity contribution is 14.0. The summed E-state index contributed by atoms with van der Waals surface area (Å²) in [6, 6.07) is 0. The van der Waals surface area contributed by atoms with E-state index in [1.807, 2.05) is 4.57 Å². The molecule has 0 bridgehead atoms. The number of carbonyl (C=O) groups excluding carboxylic acids is 1. The average molecular weight is 465 g/mol. The first-order valence-corrected chi connectivity index (χ1v) is 8.67. The number of carbonyl (C=O) groups is 1. The first-order valence-electron chi connectivity index (χ1n) is 8.67. The summed E-state index contributed by atoms with van der Waals surface area (Å²) in [5.41, 5.74) is 0. The fourth-order valence-corrected chi connectivity index (χ4v) is 2.08. The van der Waals surface area contributed by atoms with Gasteiger partial charge in [0.05, 0.1) is 0 Å². The van der Waals surface area contributed by atoms with Crippen molar-refractivity contribution in [1.29, 1.82) is 0 Å². The topological polar surface area (TPSA) is 87.4 Å². The van der Waals surface area contributed by atoms with E-state index in [1.54, 1.807) is 25.3 Å². The van der Waals surface area contributed by atoms with Crippen molar-refractivity contribution >= 4 is 35.8 Å². The third-order valence-electron chi connectivity index (χ3n) is 3.60. The van der Waals surface area contributed by atoms with Gasteiger partial charge in [-0.05, 0) is 6.42 Å². The van der Waals surface area contributed by atoms with Gasteiger partial charge in [-0.3, -0.25) is 4.79 Å². The standard InChI is InChI=1S/C16H31N7O.HI/c1-5-7-8-9-17-16(19-12-15(24)22(3)4)18-10-11-23-13-20-21-14(23)6-2;/h13H,5-12H2,1-4H3,(H2,17,18,19);1H. The number of halogens is 1. The van der Waals surface area contributed by atoms with Crippen LogP contribution in [0.1, 0.15) is 38.9 Å². The molecule has 144 valence electrons. The minimum atomic E-state index is -0.0169. The van der Waals surface area contributed by atoms with Gasteiger partial charge in [0.15, 0.2) is 5.96 Å². The van der Waals surface area contributed by atoms with E-state index >= 15 is 0 Å². The van der Waals surface area contributed by atoms with Crippen molar-refractivity contribution < 1.29 is 4.79 Å². The number of amides is 1. The molecule has 8 nitrogen and oxygen atoms in total. The van der Waals surface area contributed by atoms with Gasteiger partial charge in [-0.25, -0.2) is 4.99 Å². The van der Waals surface area contributed by atoms with Crippen molar-refractivity contribution in [3.63, 3.8) is 0 Å². The number of hydrogen-bond donors (Lipinski definition) is 2. The Labute approximate surface area is 167 Å². The van der Waals surface area contributed by atoms with E-state index in [4.69, 9.17) is 0 Å². The summed E-state index contributed by atoms with van der Waals surface area (Å²) in [4.78, 5) is 17.6. The van der Waals surface area contributed by atoms with Crippen molar-refractivity contribution in [2.24, 2.45) is 4.99 Å². The Balaban J connectivity index is 0.00000576. The summed E-state index contributed by atoms with van der Waals surface area (Å²) >= 11 is 0. The van der Waals surface area contributed by atoms with E-state index in [0.717, 1.165) is 31.8 Å². The number of nitrogens with zero attached hydrogens (tertiary/aromatic N) is 5. The number of aliphatic imine (C=N–C) groups is 1. The van der Waals surface area contributed by atoms with Gasteiger partial charge < -0.3 is 20.1 Å². The van der Waals surface area contributed by atoms with Crippen LogP contribution in [0.5, 0.6) is 0 Å². The van der Waals surface area contributed by atoms with E-state index in [2.05, 4.69) is 39.7 Å². The third kappa shape index (κ3) is 9.61. The molecule has 1 aromatic heterocycles. The molecule has 0 aliphatic carbocycles. The molecule has 0 spiro atoms. The molecule has 0 aromatic carbocycles. The summed E-state index contributed by atoms with van der Waals surface area (Å²) in [7, 11) is 3.47. The molecule has 0 atom stereocenters. The van der Waals surface area contributed by atoms with Crippen LogP contribution in [0.25, 0.3) is 0 Å².